The fraction of sp³-hybridized carbons (Fsp3) is 0.600. The molecule has 3 N–H and O–H groups in total. The van der Waals surface area contributed by atoms with Gasteiger partial charge in [0.15, 0.2) is 5.65 Å². The molecule has 1 saturated heterocycles. The normalized spacial score (nSPS) is 18.6. The summed E-state index contributed by atoms with van der Waals surface area (Å²) in [7, 11) is 0. The first kappa shape index (κ1) is 20.3. The van der Waals surface area contributed by atoms with Crippen LogP contribution in [-0.2, 0) is 6.54 Å². The van der Waals surface area contributed by atoms with Gasteiger partial charge in [-0.15, -0.1) is 0 Å². The van der Waals surface area contributed by atoms with E-state index in [2.05, 4.69) is 9.97 Å². The summed E-state index contributed by atoms with van der Waals surface area (Å²) in [5, 5.41) is 0.179. The Kier molecular flexibility index (Phi) is 5.69. The number of amides is 1. The first-order valence-corrected chi connectivity index (χ1v) is 9.97. The molecule has 8 nitrogen and oxygen atoms in total. The molecular weight excluding hydrogens is 358 g/mol. The summed E-state index contributed by atoms with van der Waals surface area (Å²) in [5.74, 6) is 0.0859. The smallest absolute Gasteiger partial charge is 0.329 e. The van der Waals surface area contributed by atoms with Crippen molar-refractivity contribution in [3.8, 4) is 0 Å². The van der Waals surface area contributed by atoms with Gasteiger partial charge in [-0.25, -0.2) is 9.78 Å². The minimum Gasteiger partial charge on any atom is -0.338 e. The van der Waals surface area contributed by atoms with E-state index < -0.39 is 11.2 Å². The molecule has 1 aliphatic heterocycles. The summed E-state index contributed by atoms with van der Waals surface area (Å²) in [6.07, 6.45) is 1.87. The third kappa shape index (κ3) is 3.61. The van der Waals surface area contributed by atoms with E-state index in [1.54, 1.807) is 11.0 Å². The van der Waals surface area contributed by atoms with Gasteiger partial charge in [0.05, 0.1) is 10.9 Å². The minimum absolute atomic E-state index is 0.00434. The zero-order chi connectivity index (χ0) is 20.6. The van der Waals surface area contributed by atoms with E-state index in [9.17, 15) is 14.4 Å². The number of nitrogens with zero attached hydrogens (tertiary/aromatic N) is 3. The summed E-state index contributed by atoms with van der Waals surface area (Å²) in [6, 6.07) is 1.70. The van der Waals surface area contributed by atoms with Crippen molar-refractivity contribution >= 4 is 16.9 Å². The highest BCUT2D eigenvalue weighted by Gasteiger charge is 2.29. The highest BCUT2D eigenvalue weighted by Crippen LogP contribution is 2.24. The maximum absolute atomic E-state index is 13.4. The van der Waals surface area contributed by atoms with Gasteiger partial charge in [0, 0.05) is 31.4 Å². The fourth-order valence-corrected chi connectivity index (χ4v) is 3.85. The van der Waals surface area contributed by atoms with Crippen LogP contribution in [0.2, 0.25) is 0 Å². The van der Waals surface area contributed by atoms with E-state index in [-0.39, 0.29) is 34.8 Å². The molecular formula is C20H29N5O3. The lowest BCUT2D eigenvalue weighted by molar-refractivity contribution is 0.0662. The number of carbonyl (C=O) groups excluding carboxylic acids is 1. The van der Waals surface area contributed by atoms with E-state index in [0.29, 0.717) is 30.9 Å². The molecule has 3 rings (SSSR count). The number of hydrogen-bond acceptors (Lipinski definition) is 5. The van der Waals surface area contributed by atoms with Crippen LogP contribution in [0.15, 0.2) is 15.7 Å². The van der Waals surface area contributed by atoms with Gasteiger partial charge in [-0.05, 0) is 44.6 Å². The van der Waals surface area contributed by atoms with Crippen LogP contribution in [0.3, 0.4) is 0 Å². The molecule has 2 aromatic rings. The Morgan fingerprint density at radius 2 is 2.07 bits per heavy atom. The molecule has 2 aromatic heterocycles. The zero-order valence-corrected chi connectivity index (χ0v) is 17.0. The molecule has 1 aliphatic rings. The zero-order valence-electron chi connectivity index (χ0n) is 17.0. The number of hydrogen-bond donors (Lipinski definition) is 2. The summed E-state index contributed by atoms with van der Waals surface area (Å²) in [6.45, 7) is 9.26. The summed E-state index contributed by atoms with van der Waals surface area (Å²) in [4.78, 5) is 46.9. The topological polar surface area (TPSA) is 114 Å². The number of carbonyl (C=O) groups is 1. The van der Waals surface area contributed by atoms with Gasteiger partial charge < -0.3 is 10.6 Å². The standard InChI is InChI=1S/C20H29N5O3/c1-5-25-17-16(18(26)23-20(25)28)14(9-15(22-17)11(2)3)19(27)24-8-6-7-13(10-24)12(4)21/h9,11-13H,5-8,10,21H2,1-4H3,(H,23,26,28). The van der Waals surface area contributed by atoms with Crippen molar-refractivity contribution in [2.45, 2.75) is 59.0 Å². The van der Waals surface area contributed by atoms with Crippen molar-refractivity contribution in [1.82, 2.24) is 19.4 Å². The Labute approximate surface area is 163 Å². The number of rotatable bonds is 4. The largest absolute Gasteiger partial charge is 0.338 e. The number of aromatic amines is 1. The molecule has 0 aromatic carbocycles. The number of aryl methyl sites for hydroxylation is 1. The van der Waals surface area contributed by atoms with Crippen LogP contribution in [0.25, 0.3) is 11.0 Å². The van der Waals surface area contributed by atoms with Crippen LogP contribution in [0.5, 0.6) is 0 Å². The Hall–Kier alpha value is -2.48. The van der Waals surface area contributed by atoms with Gasteiger partial charge in [-0.2, -0.15) is 0 Å². The quantitative estimate of drug-likeness (QED) is 0.824. The molecule has 28 heavy (non-hydrogen) atoms. The lowest BCUT2D eigenvalue weighted by Gasteiger charge is -2.35. The number of pyridine rings is 1. The number of H-pyrrole nitrogens is 1. The van der Waals surface area contributed by atoms with E-state index in [1.165, 1.54) is 4.57 Å². The van der Waals surface area contributed by atoms with Crippen LogP contribution in [-0.4, -0.2) is 44.5 Å². The number of fused-ring (bicyclic) bond motifs is 1. The monoisotopic (exact) mass is 387 g/mol. The molecule has 8 heteroatoms. The second-order valence-corrected chi connectivity index (χ2v) is 7.96. The molecule has 2 unspecified atom stereocenters. The number of piperidine rings is 1. The van der Waals surface area contributed by atoms with E-state index >= 15 is 0 Å². The van der Waals surface area contributed by atoms with Gasteiger partial charge in [0.2, 0.25) is 0 Å². The molecule has 3 heterocycles. The fourth-order valence-electron chi connectivity index (χ4n) is 3.85. The lowest BCUT2D eigenvalue weighted by Crippen LogP contribution is -2.45. The van der Waals surface area contributed by atoms with Crippen LogP contribution >= 0.6 is 0 Å². The van der Waals surface area contributed by atoms with Crippen LogP contribution in [0.1, 0.15) is 62.5 Å². The summed E-state index contributed by atoms with van der Waals surface area (Å²) >= 11 is 0. The Balaban J connectivity index is 2.20. The van der Waals surface area contributed by atoms with Crippen molar-refractivity contribution in [2.24, 2.45) is 11.7 Å². The first-order valence-electron chi connectivity index (χ1n) is 9.97. The van der Waals surface area contributed by atoms with Crippen molar-refractivity contribution in [2.75, 3.05) is 13.1 Å². The molecule has 152 valence electrons. The average Bonchev–Trinajstić information content (AvgIpc) is 2.66. The molecule has 2 atom stereocenters. The Morgan fingerprint density at radius 1 is 1.36 bits per heavy atom. The Morgan fingerprint density at radius 3 is 2.68 bits per heavy atom. The van der Waals surface area contributed by atoms with Crippen molar-refractivity contribution < 1.29 is 4.79 Å². The van der Waals surface area contributed by atoms with Crippen LogP contribution < -0.4 is 17.0 Å². The third-order valence-electron chi connectivity index (χ3n) is 5.60. The highest BCUT2D eigenvalue weighted by molar-refractivity contribution is 6.05. The van der Waals surface area contributed by atoms with E-state index in [4.69, 9.17) is 5.73 Å². The molecule has 1 amide bonds. The van der Waals surface area contributed by atoms with Gasteiger partial charge in [-0.3, -0.25) is 19.1 Å². The molecule has 0 bridgehead atoms. The Bertz CT molecular complexity index is 1010. The predicted molar refractivity (Wildman–Crippen MR) is 109 cm³/mol. The van der Waals surface area contributed by atoms with Crippen molar-refractivity contribution in [3.05, 3.63) is 38.2 Å². The van der Waals surface area contributed by atoms with E-state index in [1.807, 2.05) is 27.7 Å². The van der Waals surface area contributed by atoms with Crippen LogP contribution in [0, 0.1) is 5.92 Å². The first-order chi connectivity index (χ1) is 13.2. The van der Waals surface area contributed by atoms with E-state index in [0.717, 1.165) is 12.8 Å². The molecule has 0 saturated carbocycles. The minimum atomic E-state index is -0.573. The molecule has 0 aliphatic carbocycles. The van der Waals surface area contributed by atoms with Gasteiger partial charge >= 0.3 is 5.69 Å². The maximum Gasteiger partial charge on any atom is 0.329 e. The SMILES string of the molecule is CCn1c(=O)[nH]c(=O)c2c(C(=O)N3CCCC(C(C)N)C3)cc(C(C)C)nc21. The lowest BCUT2D eigenvalue weighted by atomic mass is 9.91. The van der Waals surface area contributed by atoms with Crippen molar-refractivity contribution in [1.29, 1.82) is 0 Å². The second-order valence-electron chi connectivity index (χ2n) is 7.96. The highest BCUT2D eigenvalue weighted by atomic mass is 16.2. The number of nitrogens with one attached hydrogen (secondary N) is 1. The van der Waals surface area contributed by atoms with Gasteiger partial charge in [-0.1, -0.05) is 13.8 Å². The third-order valence-corrected chi connectivity index (χ3v) is 5.60. The number of aromatic nitrogens is 3. The maximum atomic E-state index is 13.4. The van der Waals surface area contributed by atoms with Gasteiger partial charge in [0.25, 0.3) is 11.5 Å². The summed E-state index contributed by atoms with van der Waals surface area (Å²) in [5.41, 5.74) is 6.24. The number of likely N-dealkylation sites (tertiary alicyclic amines) is 1. The second kappa shape index (κ2) is 7.87. The number of nitrogens with two attached hydrogens (primary N) is 1. The molecule has 0 spiro atoms. The van der Waals surface area contributed by atoms with Gasteiger partial charge in [0.1, 0.15) is 0 Å². The molecule has 0 radical (unpaired) electrons. The van der Waals surface area contributed by atoms with Crippen molar-refractivity contribution in [3.63, 3.8) is 0 Å². The molecule has 1 fully saturated rings. The average molecular weight is 387 g/mol. The van der Waals surface area contributed by atoms with Crippen LogP contribution in [0.4, 0.5) is 0 Å². The predicted octanol–water partition coefficient (Wildman–Crippen LogP) is 1.43. The summed E-state index contributed by atoms with van der Waals surface area (Å²) < 4.78 is 1.40.